The standard InChI is InChI=1S/C24H26N2O6/c1-29-19-8-9-20(30-2)17(14-19)10-11-26-24(28)18(15-25)7-5-6-16-12-21(31-3)23(27)22(13-16)32-4/h5-9,12-14,27H,10-11H2,1-4H3,(H,26,28)/b6-5+,18-7+. The maximum Gasteiger partial charge on any atom is 0.261 e. The van der Waals surface area contributed by atoms with Gasteiger partial charge in [-0.3, -0.25) is 4.79 Å². The highest BCUT2D eigenvalue weighted by Crippen LogP contribution is 2.37. The van der Waals surface area contributed by atoms with E-state index >= 15 is 0 Å². The van der Waals surface area contributed by atoms with Crippen LogP contribution in [0.3, 0.4) is 0 Å². The number of carbonyl (C=O) groups is 1. The molecule has 0 fully saturated rings. The van der Waals surface area contributed by atoms with Crippen molar-refractivity contribution in [2.45, 2.75) is 6.42 Å². The molecule has 32 heavy (non-hydrogen) atoms. The minimum atomic E-state index is -0.486. The average Bonchev–Trinajstić information content (AvgIpc) is 2.82. The third-order valence-electron chi connectivity index (χ3n) is 4.59. The summed E-state index contributed by atoms with van der Waals surface area (Å²) in [5, 5.41) is 22.0. The number of benzene rings is 2. The molecule has 0 aliphatic carbocycles. The maximum absolute atomic E-state index is 12.4. The summed E-state index contributed by atoms with van der Waals surface area (Å²) < 4.78 is 20.8. The van der Waals surface area contributed by atoms with E-state index in [1.807, 2.05) is 12.1 Å². The number of hydrogen-bond acceptors (Lipinski definition) is 7. The third kappa shape index (κ3) is 6.19. The van der Waals surface area contributed by atoms with Gasteiger partial charge in [0.15, 0.2) is 11.5 Å². The number of methoxy groups -OCH3 is 4. The van der Waals surface area contributed by atoms with E-state index in [0.29, 0.717) is 30.0 Å². The SMILES string of the molecule is COc1ccc(OC)c(CCNC(=O)/C(C#N)=C/C=C/c2cc(OC)c(O)c(OC)c2)c1. The normalized spacial score (nSPS) is 11.0. The second-order valence-corrected chi connectivity index (χ2v) is 6.51. The number of allylic oxidation sites excluding steroid dienone is 2. The Morgan fingerprint density at radius 2 is 1.69 bits per heavy atom. The number of carbonyl (C=O) groups excluding carboxylic acids is 1. The summed E-state index contributed by atoms with van der Waals surface area (Å²) >= 11 is 0. The third-order valence-corrected chi connectivity index (χ3v) is 4.59. The number of aromatic hydroxyl groups is 1. The number of nitriles is 1. The Labute approximate surface area is 187 Å². The Bertz CT molecular complexity index is 1030. The smallest absolute Gasteiger partial charge is 0.261 e. The number of amides is 1. The number of phenols is 1. The molecular formula is C24H26N2O6. The second kappa shape index (κ2) is 11.9. The van der Waals surface area contributed by atoms with Gasteiger partial charge in [0.25, 0.3) is 5.91 Å². The van der Waals surface area contributed by atoms with Gasteiger partial charge >= 0.3 is 0 Å². The van der Waals surface area contributed by atoms with E-state index in [0.717, 1.165) is 5.56 Å². The zero-order valence-electron chi connectivity index (χ0n) is 18.5. The van der Waals surface area contributed by atoms with Gasteiger partial charge in [-0.25, -0.2) is 0 Å². The number of nitrogens with zero attached hydrogens (tertiary/aromatic N) is 1. The summed E-state index contributed by atoms with van der Waals surface area (Å²) in [4.78, 5) is 12.4. The van der Waals surface area contributed by atoms with Crippen molar-refractivity contribution in [3.05, 3.63) is 59.2 Å². The molecule has 0 saturated heterocycles. The molecule has 0 unspecified atom stereocenters. The molecule has 8 nitrogen and oxygen atoms in total. The van der Waals surface area contributed by atoms with Gasteiger partial charge in [-0.1, -0.05) is 12.2 Å². The van der Waals surface area contributed by atoms with E-state index in [9.17, 15) is 15.2 Å². The molecule has 0 aromatic heterocycles. The Morgan fingerprint density at radius 3 is 2.25 bits per heavy atom. The lowest BCUT2D eigenvalue weighted by Crippen LogP contribution is -2.26. The van der Waals surface area contributed by atoms with Crippen LogP contribution in [-0.2, 0) is 11.2 Å². The molecule has 2 aromatic rings. The molecular weight excluding hydrogens is 412 g/mol. The highest BCUT2D eigenvalue weighted by Gasteiger charge is 2.11. The van der Waals surface area contributed by atoms with E-state index in [1.54, 1.807) is 50.6 Å². The van der Waals surface area contributed by atoms with Crippen LogP contribution in [-0.4, -0.2) is 46.0 Å². The van der Waals surface area contributed by atoms with E-state index < -0.39 is 5.91 Å². The lowest BCUT2D eigenvalue weighted by atomic mass is 10.1. The Kier molecular flexibility index (Phi) is 8.99. The molecule has 0 atom stereocenters. The van der Waals surface area contributed by atoms with Crippen LogP contribution >= 0.6 is 0 Å². The van der Waals surface area contributed by atoms with Crippen molar-refractivity contribution in [2.24, 2.45) is 0 Å². The van der Waals surface area contributed by atoms with E-state index in [2.05, 4.69) is 5.32 Å². The summed E-state index contributed by atoms with van der Waals surface area (Å²) in [5.41, 5.74) is 1.50. The van der Waals surface area contributed by atoms with Gasteiger partial charge in [0.05, 0.1) is 28.4 Å². The summed E-state index contributed by atoms with van der Waals surface area (Å²) in [6.07, 6.45) is 5.14. The topological polar surface area (TPSA) is 110 Å². The molecule has 0 aliphatic rings. The number of phenolic OH excluding ortho intramolecular Hbond substituents is 1. The number of hydrogen-bond donors (Lipinski definition) is 2. The molecule has 0 bridgehead atoms. The fourth-order valence-corrected chi connectivity index (χ4v) is 2.91. The summed E-state index contributed by atoms with van der Waals surface area (Å²) in [6.45, 7) is 0.317. The van der Waals surface area contributed by atoms with Crippen LogP contribution in [0.1, 0.15) is 11.1 Å². The van der Waals surface area contributed by atoms with E-state index in [1.165, 1.54) is 20.3 Å². The van der Waals surface area contributed by atoms with Gasteiger partial charge in [-0.15, -0.1) is 0 Å². The second-order valence-electron chi connectivity index (χ2n) is 6.51. The van der Waals surface area contributed by atoms with Crippen LogP contribution in [0.15, 0.2) is 48.1 Å². The minimum absolute atomic E-state index is 0.0448. The Hall–Kier alpha value is -4.12. The first kappa shape index (κ1) is 24.2. The highest BCUT2D eigenvalue weighted by molar-refractivity contribution is 5.97. The van der Waals surface area contributed by atoms with Crippen molar-refractivity contribution in [1.82, 2.24) is 5.32 Å². The molecule has 168 valence electrons. The number of rotatable bonds is 10. The predicted molar refractivity (Wildman–Crippen MR) is 120 cm³/mol. The molecule has 0 saturated carbocycles. The first-order valence-corrected chi connectivity index (χ1v) is 9.69. The van der Waals surface area contributed by atoms with Crippen LogP contribution in [0.4, 0.5) is 0 Å². The fraction of sp³-hybridized carbons (Fsp3) is 0.250. The lowest BCUT2D eigenvalue weighted by molar-refractivity contribution is -0.117. The maximum atomic E-state index is 12.4. The van der Waals surface area contributed by atoms with E-state index in [-0.39, 0.29) is 22.8 Å². The van der Waals surface area contributed by atoms with Crippen molar-refractivity contribution in [1.29, 1.82) is 5.26 Å². The molecule has 0 radical (unpaired) electrons. The zero-order chi connectivity index (χ0) is 23.5. The van der Waals surface area contributed by atoms with Gasteiger partial charge in [-0.2, -0.15) is 5.26 Å². The molecule has 2 N–H and O–H groups in total. The fourth-order valence-electron chi connectivity index (χ4n) is 2.91. The monoisotopic (exact) mass is 438 g/mol. The van der Waals surface area contributed by atoms with Crippen molar-refractivity contribution >= 4 is 12.0 Å². The van der Waals surface area contributed by atoms with Gasteiger partial charge in [0, 0.05) is 6.54 Å². The minimum Gasteiger partial charge on any atom is -0.502 e. The van der Waals surface area contributed by atoms with Crippen molar-refractivity contribution in [3.8, 4) is 34.8 Å². The first-order chi connectivity index (χ1) is 15.5. The van der Waals surface area contributed by atoms with Gasteiger partial charge in [-0.05, 0) is 54.0 Å². The van der Waals surface area contributed by atoms with Gasteiger partial charge in [0.1, 0.15) is 23.1 Å². The Balaban J connectivity index is 2.05. The van der Waals surface area contributed by atoms with E-state index in [4.69, 9.17) is 18.9 Å². The van der Waals surface area contributed by atoms with Crippen LogP contribution < -0.4 is 24.3 Å². The summed E-state index contributed by atoms with van der Waals surface area (Å²) in [7, 11) is 6.02. The van der Waals surface area contributed by atoms with Crippen LogP contribution in [0.25, 0.3) is 6.08 Å². The molecule has 2 aromatic carbocycles. The summed E-state index contributed by atoms with van der Waals surface area (Å²) in [5.74, 6) is 1.29. The van der Waals surface area contributed by atoms with Crippen LogP contribution in [0.2, 0.25) is 0 Å². The van der Waals surface area contributed by atoms with Crippen molar-refractivity contribution < 1.29 is 28.8 Å². The summed E-state index contributed by atoms with van der Waals surface area (Å²) in [6, 6.07) is 10.5. The van der Waals surface area contributed by atoms with Crippen molar-refractivity contribution in [3.63, 3.8) is 0 Å². The number of nitrogens with one attached hydrogen (secondary N) is 1. The Morgan fingerprint density at radius 1 is 1.03 bits per heavy atom. The first-order valence-electron chi connectivity index (χ1n) is 9.69. The molecule has 8 heteroatoms. The predicted octanol–water partition coefficient (Wildman–Crippen LogP) is 3.25. The van der Waals surface area contributed by atoms with Crippen LogP contribution in [0, 0.1) is 11.3 Å². The zero-order valence-corrected chi connectivity index (χ0v) is 18.5. The highest BCUT2D eigenvalue weighted by atomic mass is 16.5. The van der Waals surface area contributed by atoms with Crippen molar-refractivity contribution in [2.75, 3.05) is 35.0 Å². The largest absolute Gasteiger partial charge is 0.502 e. The molecule has 0 heterocycles. The molecule has 0 spiro atoms. The van der Waals surface area contributed by atoms with Crippen LogP contribution in [0.5, 0.6) is 28.7 Å². The lowest BCUT2D eigenvalue weighted by Gasteiger charge is -2.11. The average molecular weight is 438 g/mol. The molecule has 2 rings (SSSR count). The molecule has 0 aliphatic heterocycles. The van der Waals surface area contributed by atoms with Gasteiger partial charge in [0.2, 0.25) is 5.75 Å². The quantitative estimate of drug-likeness (QED) is 0.333. The molecule has 1 amide bonds. The number of ether oxygens (including phenoxy) is 4. The van der Waals surface area contributed by atoms with Gasteiger partial charge < -0.3 is 29.4 Å².